The molecule has 2 aliphatic rings. The van der Waals surface area contributed by atoms with Crippen LogP contribution in [0.5, 0.6) is 0 Å². The SMILES string of the molecule is CNS(=O)(=O)c1ccc(-c2ccc(CC(C#N)NC(=O)[C@@H]3[C@H]4CC[C@H](C4)N3C(=O)OC(C)(C)C)c(F)c2)cc1. The van der Waals surface area contributed by atoms with Gasteiger partial charge in [0, 0.05) is 12.5 Å². The lowest BCUT2D eigenvalue weighted by atomic mass is 9.97. The number of sulfonamides is 1. The summed E-state index contributed by atoms with van der Waals surface area (Å²) in [6, 6.07) is 10.8. The Bertz CT molecular complexity index is 1400. The van der Waals surface area contributed by atoms with Crippen molar-refractivity contribution in [2.75, 3.05) is 7.05 Å². The number of nitrogens with one attached hydrogen (secondary N) is 2. The summed E-state index contributed by atoms with van der Waals surface area (Å²) in [7, 11) is -2.26. The Morgan fingerprint density at radius 2 is 1.82 bits per heavy atom. The van der Waals surface area contributed by atoms with Gasteiger partial charge < -0.3 is 10.1 Å². The molecule has 2 N–H and O–H groups in total. The van der Waals surface area contributed by atoms with E-state index in [2.05, 4.69) is 10.0 Å². The molecule has 1 saturated carbocycles. The largest absolute Gasteiger partial charge is 0.444 e. The van der Waals surface area contributed by atoms with Crippen LogP contribution in [0.4, 0.5) is 9.18 Å². The average Bonchev–Trinajstić information content (AvgIpc) is 3.50. The standard InChI is InChI=1S/C28H33FN4O5S/c1-28(2,3)38-27(35)33-22-10-7-20(14-22)25(33)26(34)32-21(16-30)13-19-6-5-18(15-24(19)29)17-8-11-23(12-9-17)39(36,37)31-4/h5-6,8-9,11-12,15,20-22,25,31H,7,10,13-14H2,1-4H3,(H,32,34)/t20-,21?,22+,25-/m0/s1. The quantitative estimate of drug-likeness (QED) is 0.535. The monoisotopic (exact) mass is 556 g/mol. The fourth-order valence-electron chi connectivity index (χ4n) is 5.35. The van der Waals surface area contributed by atoms with Crippen LogP contribution in [0.2, 0.25) is 0 Å². The van der Waals surface area contributed by atoms with Crippen molar-refractivity contribution in [2.45, 2.75) is 75.1 Å². The first-order chi connectivity index (χ1) is 18.3. The fraction of sp³-hybridized carbons (Fsp3) is 0.464. The van der Waals surface area contributed by atoms with Crippen molar-refractivity contribution in [3.05, 3.63) is 53.8 Å². The predicted octanol–water partition coefficient (Wildman–Crippen LogP) is 3.74. The summed E-state index contributed by atoms with van der Waals surface area (Å²) in [6.07, 6.45) is 1.74. The first-order valence-electron chi connectivity index (χ1n) is 12.9. The minimum absolute atomic E-state index is 0.00707. The normalized spacial score (nSPS) is 21.3. The van der Waals surface area contributed by atoms with Gasteiger partial charge in [-0.15, -0.1) is 0 Å². The zero-order valence-electron chi connectivity index (χ0n) is 22.4. The molecule has 2 fully saturated rings. The van der Waals surface area contributed by atoms with Gasteiger partial charge in [0.2, 0.25) is 15.9 Å². The molecule has 9 nitrogen and oxygen atoms in total. The Labute approximate surface area is 228 Å². The molecule has 2 aromatic rings. The molecule has 11 heteroatoms. The summed E-state index contributed by atoms with van der Waals surface area (Å²) in [6.45, 7) is 5.30. The number of nitriles is 1. The van der Waals surface area contributed by atoms with Gasteiger partial charge in [0.1, 0.15) is 23.5 Å². The number of carbonyl (C=O) groups is 2. The van der Waals surface area contributed by atoms with Crippen molar-refractivity contribution in [3.8, 4) is 17.2 Å². The van der Waals surface area contributed by atoms with E-state index >= 15 is 4.39 Å². The lowest BCUT2D eigenvalue weighted by Gasteiger charge is -2.35. The molecule has 39 heavy (non-hydrogen) atoms. The summed E-state index contributed by atoms with van der Waals surface area (Å²) in [5.41, 5.74) is 0.707. The maximum absolute atomic E-state index is 15.0. The maximum atomic E-state index is 15.0. The van der Waals surface area contributed by atoms with Gasteiger partial charge in [-0.05, 0) is 87.9 Å². The van der Waals surface area contributed by atoms with Crippen LogP contribution in [0.1, 0.15) is 45.6 Å². The zero-order chi connectivity index (χ0) is 28.5. The van der Waals surface area contributed by atoms with E-state index in [1.165, 1.54) is 30.1 Å². The molecular formula is C28H33FN4O5S. The van der Waals surface area contributed by atoms with Crippen LogP contribution >= 0.6 is 0 Å². The molecule has 1 aliphatic carbocycles. The molecule has 0 spiro atoms. The van der Waals surface area contributed by atoms with Crippen molar-refractivity contribution in [2.24, 2.45) is 5.92 Å². The van der Waals surface area contributed by atoms with Crippen LogP contribution in [0.25, 0.3) is 11.1 Å². The van der Waals surface area contributed by atoms with Crippen molar-refractivity contribution < 1.29 is 27.1 Å². The maximum Gasteiger partial charge on any atom is 0.411 e. The lowest BCUT2D eigenvalue weighted by Crippen LogP contribution is -2.55. The Morgan fingerprint density at radius 3 is 2.41 bits per heavy atom. The molecule has 0 aromatic heterocycles. The highest BCUT2D eigenvalue weighted by Crippen LogP contribution is 2.43. The van der Waals surface area contributed by atoms with Crippen LogP contribution < -0.4 is 10.0 Å². The van der Waals surface area contributed by atoms with Crippen LogP contribution in [0, 0.1) is 23.1 Å². The summed E-state index contributed by atoms with van der Waals surface area (Å²) in [5, 5.41) is 12.4. The number of likely N-dealkylation sites (tertiary alicyclic amines) is 1. The number of nitrogens with zero attached hydrogens (tertiary/aromatic N) is 2. The smallest absolute Gasteiger partial charge is 0.411 e. The molecule has 2 bridgehead atoms. The zero-order valence-corrected chi connectivity index (χ0v) is 23.2. The van der Waals surface area contributed by atoms with Gasteiger partial charge in [-0.1, -0.05) is 24.3 Å². The van der Waals surface area contributed by atoms with E-state index in [1.54, 1.807) is 45.0 Å². The van der Waals surface area contributed by atoms with E-state index in [9.17, 15) is 23.3 Å². The minimum atomic E-state index is -3.58. The summed E-state index contributed by atoms with van der Waals surface area (Å²) >= 11 is 0. The Kier molecular flexibility index (Phi) is 8.00. The predicted molar refractivity (Wildman–Crippen MR) is 142 cm³/mol. The van der Waals surface area contributed by atoms with Gasteiger partial charge in [0.25, 0.3) is 0 Å². The van der Waals surface area contributed by atoms with Crippen molar-refractivity contribution in [1.82, 2.24) is 14.9 Å². The van der Waals surface area contributed by atoms with E-state index in [-0.39, 0.29) is 28.8 Å². The van der Waals surface area contributed by atoms with E-state index < -0.39 is 45.5 Å². The summed E-state index contributed by atoms with van der Waals surface area (Å²) in [4.78, 5) is 27.7. The molecule has 1 heterocycles. The van der Waals surface area contributed by atoms with Gasteiger partial charge in [0.05, 0.1) is 11.0 Å². The lowest BCUT2D eigenvalue weighted by molar-refractivity contribution is -0.128. The Hall–Kier alpha value is -3.49. The van der Waals surface area contributed by atoms with Gasteiger partial charge in [0.15, 0.2) is 0 Å². The van der Waals surface area contributed by atoms with E-state index in [0.29, 0.717) is 17.5 Å². The van der Waals surface area contributed by atoms with Crippen molar-refractivity contribution >= 4 is 22.0 Å². The summed E-state index contributed by atoms with van der Waals surface area (Å²) < 4.78 is 46.7. The van der Waals surface area contributed by atoms with E-state index in [1.807, 2.05) is 6.07 Å². The Balaban J connectivity index is 1.45. The summed E-state index contributed by atoms with van der Waals surface area (Å²) in [5.74, 6) is -0.996. The molecule has 2 aromatic carbocycles. The number of fused-ring (bicyclic) bond motifs is 2. The minimum Gasteiger partial charge on any atom is -0.444 e. The van der Waals surface area contributed by atoms with Crippen LogP contribution in [0.15, 0.2) is 47.4 Å². The van der Waals surface area contributed by atoms with Crippen molar-refractivity contribution in [1.29, 1.82) is 5.26 Å². The molecule has 1 unspecified atom stereocenters. The van der Waals surface area contributed by atoms with Gasteiger partial charge in [-0.2, -0.15) is 5.26 Å². The number of benzene rings is 2. The Morgan fingerprint density at radius 1 is 1.15 bits per heavy atom. The van der Waals surface area contributed by atoms with Crippen LogP contribution in [-0.2, 0) is 26.0 Å². The van der Waals surface area contributed by atoms with Crippen LogP contribution in [-0.4, -0.2) is 56.1 Å². The number of carbonyl (C=O) groups excluding carboxylic acids is 2. The van der Waals surface area contributed by atoms with E-state index in [0.717, 1.165) is 12.8 Å². The second kappa shape index (κ2) is 10.9. The van der Waals surface area contributed by atoms with E-state index in [4.69, 9.17) is 4.74 Å². The number of ether oxygens (including phenoxy) is 1. The fourth-order valence-corrected chi connectivity index (χ4v) is 6.08. The molecule has 4 atom stereocenters. The number of piperidine rings is 1. The van der Waals surface area contributed by atoms with Crippen molar-refractivity contribution in [3.63, 3.8) is 0 Å². The first-order valence-corrected chi connectivity index (χ1v) is 14.3. The highest BCUT2D eigenvalue weighted by Gasteiger charge is 2.52. The number of hydrogen-bond donors (Lipinski definition) is 2. The highest BCUT2D eigenvalue weighted by atomic mass is 32.2. The topological polar surface area (TPSA) is 129 Å². The molecule has 208 valence electrons. The average molecular weight is 557 g/mol. The molecule has 4 rings (SSSR count). The van der Waals surface area contributed by atoms with Gasteiger partial charge in [-0.25, -0.2) is 22.3 Å². The molecule has 2 amide bonds. The third-order valence-corrected chi connectivity index (χ3v) is 8.60. The molecule has 1 aliphatic heterocycles. The number of amides is 2. The third-order valence-electron chi connectivity index (χ3n) is 7.17. The number of rotatable bonds is 7. The molecule has 0 radical (unpaired) electrons. The molecule has 1 saturated heterocycles. The highest BCUT2D eigenvalue weighted by molar-refractivity contribution is 7.89. The second-order valence-corrected chi connectivity index (χ2v) is 12.9. The first kappa shape index (κ1) is 28.5. The number of hydrogen-bond acceptors (Lipinski definition) is 6. The van der Waals surface area contributed by atoms with Gasteiger partial charge in [-0.3, -0.25) is 9.69 Å². The molecular weight excluding hydrogens is 523 g/mol. The van der Waals surface area contributed by atoms with Crippen LogP contribution in [0.3, 0.4) is 0 Å². The third kappa shape index (κ3) is 6.23. The van der Waals surface area contributed by atoms with Gasteiger partial charge >= 0.3 is 6.09 Å². The second-order valence-electron chi connectivity index (χ2n) is 11.0. The number of halogens is 1.